The number of carboxylic acids is 1. The minimum Gasteiger partial charge on any atom is -0.481 e. The maximum atomic E-state index is 11.9. The molecule has 0 saturated heterocycles. The average Bonchev–Trinajstić information content (AvgIpc) is 2.35. The number of carbonyl (C=O) groups is 3. The molecule has 0 aromatic rings. The molecule has 0 spiro atoms. The molecule has 116 valence electrons. The fourth-order valence-electron chi connectivity index (χ4n) is 1.43. The van der Waals surface area contributed by atoms with Crippen molar-refractivity contribution in [1.29, 1.82) is 0 Å². The molecule has 20 heavy (non-hydrogen) atoms. The molecule has 0 heterocycles. The summed E-state index contributed by atoms with van der Waals surface area (Å²) in [6, 6.07) is -1.08. The Labute approximate surface area is 119 Å². The van der Waals surface area contributed by atoms with Crippen molar-refractivity contribution in [1.82, 2.24) is 15.5 Å². The third-order valence-electron chi connectivity index (χ3n) is 2.68. The highest BCUT2D eigenvalue weighted by Gasteiger charge is 2.19. The van der Waals surface area contributed by atoms with Crippen LogP contribution in [-0.2, 0) is 9.59 Å². The van der Waals surface area contributed by atoms with Gasteiger partial charge in [-0.3, -0.25) is 9.59 Å². The van der Waals surface area contributed by atoms with E-state index in [1.807, 2.05) is 13.8 Å². The number of hydrogen-bond donors (Lipinski definition) is 3. The summed E-state index contributed by atoms with van der Waals surface area (Å²) in [5.74, 6) is -0.870. The van der Waals surface area contributed by atoms with E-state index in [1.54, 1.807) is 13.8 Å². The molecule has 1 atom stereocenters. The van der Waals surface area contributed by atoms with Crippen LogP contribution in [0.25, 0.3) is 0 Å². The van der Waals surface area contributed by atoms with Gasteiger partial charge in [0.1, 0.15) is 6.04 Å². The van der Waals surface area contributed by atoms with Crippen LogP contribution in [0.5, 0.6) is 0 Å². The molecule has 0 radical (unpaired) electrons. The fraction of sp³-hybridized carbons (Fsp3) is 0.769. The van der Waals surface area contributed by atoms with Gasteiger partial charge in [-0.25, -0.2) is 4.79 Å². The second-order valence-electron chi connectivity index (χ2n) is 5.03. The average molecular weight is 287 g/mol. The van der Waals surface area contributed by atoms with E-state index in [4.69, 9.17) is 5.11 Å². The molecule has 0 saturated carbocycles. The lowest BCUT2D eigenvalue weighted by molar-refractivity contribution is -0.137. The summed E-state index contributed by atoms with van der Waals surface area (Å²) in [6.07, 6.45) is -0.116. The molecular weight excluding hydrogens is 262 g/mol. The van der Waals surface area contributed by atoms with Crippen molar-refractivity contribution in [2.45, 2.75) is 40.2 Å². The number of carboxylic acid groups (broad SMARTS) is 1. The van der Waals surface area contributed by atoms with Crippen LogP contribution in [0.15, 0.2) is 0 Å². The first-order chi connectivity index (χ1) is 9.27. The van der Waals surface area contributed by atoms with Crippen molar-refractivity contribution >= 4 is 17.9 Å². The number of nitrogens with one attached hydrogen (secondary N) is 2. The van der Waals surface area contributed by atoms with Gasteiger partial charge in [0.05, 0.1) is 6.42 Å². The van der Waals surface area contributed by atoms with Crippen LogP contribution in [0.3, 0.4) is 0 Å². The Balaban J connectivity index is 4.26. The first-order valence-corrected chi connectivity index (χ1v) is 6.82. The normalized spacial score (nSPS) is 11.8. The number of nitrogens with zero attached hydrogens (tertiary/aromatic N) is 1. The Hall–Kier alpha value is -1.79. The summed E-state index contributed by atoms with van der Waals surface area (Å²) in [5, 5.41) is 13.9. The zero-order valence-electron chi connectivity index (χ0n) is 12.6. The summed E-state index contributed by atoms with van der Waals surface area (Å²) < 4.78 is 0. The van der Waals surface area contributed by atoms with Crippen molar-refractivity contribution < 1.29 is 19.5 Å². The fourth-order valence-corrected chi connectivity index (χ4v) is 1.43. The summed E-state index contributed by atoms with van der Waals surface area (Å²) in [5.41, 5.74) is 0. The quantitative estimate of drug-likeness (QED) is 0.610. The molecule has 0 aliphatic rings. The second-order valence-corrected chi connectivity index (χ2v) is 5.03. The van der Waals surface area contributed by atoms with Crippen molar-refractivity contribution in [3.63, 3.8) is 0 Å². The molecular formula is C13H25N3O4. The van der Waals surface area contributed by atoms with E-state index in [0.29, 0.717) is 19.0 Å². The zero-order valence-corrected chi connectivity index (χ0v) is 12.6. The summed E-state index contributed by atoms with van der Waals surface area (Å²) in [6.45, 7) is 8.37. The molecule has 0 aliphatic heterocycles. The minimum atomic E-state index is -0.959. The molecule has 0 rings (SSSR count). The lowest BCUT2D eigenvalue weighted by Crippen LogP contribution is -2.50. The highest BCUT2D eigenvalue weighted by Crippen LogP contribution is 1.95. The first kappa shape index (κ1) is 18.2. The maximum Gasteiger partial charge on any atom is 0.318 e. The van der Waals surface area contributed by atoms with Crippen molar-refractivity contribution in [2.75, 3.05) is 19.6 Å². The van der Waals surface area contributed by atoms with Gasteiger partial charge >= 0.3 is 12.0 Å². The highest BCUT2D eigenvalue weighted by atomic mass is 16.4. The number of aliphatic carboxylic acids is 1. The Bertz CT molecular complexity index is 345. The van der Waals surface area contributed by atoms with Gasteiger partial charge in [0.15, 0.2) is 0 Å². The molecule has 0 bridgehead atoms. The summed E-state index contributed by atoms with van der Waals surface area (Å²) in [7, 11) is 0. The second kappa shape index (κ2) is 9.17. The van der Waals surface area contributed by atoms with Gasteiger partial charge in [-0.2, -0.15) is 0 Å². The van der Waals surface area contributed by atoms with E-state index in [0.717, 1.165) is 0 Å². The Morgan fingerprint density at radius 2 is 1.80 bits per heavy atom. The standard InChI is InChI=1S/C13H25N3O4/c1-5-16(7-6-11(17)18)13(20)15-10(4)12(19)14-8-9(2)3/h9-10H,5-8H2,1-4H3,(H,14,19)(H,15,20)(H,17,18). The van der Waals surface area contributed by atoms with Crippen LogP contribution in [0.4, 0.5) is 4.79 Å². The lowest BCUT2D eigenvalue weighted by atomic mass is 10.2. The van der Waals surface area contributed by atoms with Crippen molar-refractivity contribution in [2.24, 2.45) is 5.92 Å². The van der Waals surface area contributed by atoms with Gasteiger partial charge in [-0.1, -0.05) is 13.8 Å². The Kier molecular flexibility index (Phi) is 8.35. The van der Waals surface area contributed by atoms with Gasteiger partial charge in [-0.05, 0) is 19.8 Å². The van der Waals surface area contributed by atoms with Gasteiger partial charge in [-0.15, -0.1) is 0 Å². The van der Waals surface area contributed by atoms with Crippen LogP contribution in [0.1, 0.15) is 34.1 Å². The molecule has 0 aromatic heterocycles. The minimum absolute atomic E-state index is 0.116. The van der Waals surface area contributed by atoms with Crippen molar-refractivity contribution in [3.8, 4) is 0 Å². The highest BCUT2D eigenvalue weighted by molar-refractivity contribution is 5.86. The zero-order chi connectivity index (χ0) is 15.7. The van der Waals surface area contributed by atoms with E-state index < -0.39 is 18.0 Å². The third-order valence-corrected chi connectivity index (χ3v) is 2.68. The molecule has 3 amide bonds. The van der Waals surface area contributed by atoms with Crippen molar-refractivity contribution in [3.05, 3.63) is 0 Å². The first-order valence-electron chi connectivity index (χ1n) is 6.82. The van der Waals surface area contributed by atoms with Gasteiger partial charge in [0, 0.05) is 19.6 Å². The molecule has 1 unspecified atom stereocenters. The predicted octanol–water partition coefficient (Wildman–Crippen LogP) is 0.653. The van der Waals surface area contributed by atoms with Crippen LogP contribution in [-0.4, -0.2) is 53.6 Å². The van der Waals surface area contributed by atoms with E-state index >= 15 is 0 Å². The Morgan fingerprint density at radius 3 is 2.25 bits per heavy atom. The van der Waals surface area contributed by atoms with E-state index in [9.17, 15) is 14.4 Å². The summed E-state index contributed by atoms with van der Waals surface area (Å²) >= 11 is 0. The van der Waals surface area contributed by atoms with E-state index in [1.165, 1.54) is 4.90 Å². The molecule has 0 aromatic carbocycles. The van der Waals surface area contributed by atoms with E-state index in [2.05, 4.69) is 10.6 Å². The molecule has 3 N–H and O–H groups in total. The third kappa shape index (κ3) is 7.60. The molecule has 0 aliphatic carbocycles. The van der Waals surface area contributed by atoms with Crippen LogP contribution in [0.2, 0.25) is 0 Å². The van der Waals surface area contributed by atoms with Gasteiger partial charge < -0.3 is 20.6 Å². The number of urea groups is 1. The topological polar surface area (TPSA) is 98.7 Å². The van der Waals surface area contributed by atoms with Crippen LogP contribution < -0.4 is 10.6 Å². The van der Waals surface area contributed by atoms with Gasteiger partial charge in [0.25, 0.3) is 0 Å². The number of rotatable bonds is 8. The molecule has 0 fully saturated rings. The van der Waals surface area contributed by atoms with Crippen LogP contribution in [0, 0.1) is 5.92 Å². The predicted molar refractivity (Wildman–Crippen MR) is 75.3 cm³/mol. The number of amides is 3. The molecule has 7 heteroatoms. The Morgan fingerprint density at radius 1 is 1.20 bits per heavy atom. The largest absolute Gasteiger partial charge is 0.481 e. The van der Waals surface area contributed by atoms with Crippen LogP contribution >= 0.6 is 0 Å². The number of carbonyl (C=O) groups excluding carboxylic acids is 2. The van der Waals surface area contributed by atoms with Gasteiger partial charge in [0.2, 0.25) is 5.91 Å². The molecule has 7 nitrogen and oxygen atoms in total. The summed E-state index contributed by atoms with van der Waals surface area (Å²) in [4.78, 5) is 35.5. The monoisotopic (exact) mass is 287 g/mol. The SMILES string of the molecule is CCN(CCC(=O)O)C(=O)NC(C)C(=O)NCC(C)C. The smallest absolute Gasteiger partial charge is 0.318 e. The van der Waals surface area contributed by atoms with E-state index in [-0.39, 0.29) is 18.9 Å². The number of hydrogen-bond acceptors (Lipinski definition) is 3. The maximum absolute atomic E-state index is 11.9. The lowest BCUT2D eigenvalue weighted by Gasteiger charge is -2.23.